The van der Waals surface area contributed by atoms with Crippen molar-refractivity contribution in [3.05, 3.63) is 29.3 Å². The van der Waals surface area contributed by atoms with Crippen LogP contribution in [-0.4, -0.2) is 22.3 Å². The van der Waals surface area contributed by atoms with Crippen LogP contribution in [0.1, 0.15) is 31.2 Å². The Hall–Kier alpha value is -1.17. The minimum atomic E-state index is 0.411. The number of nitrogens with two attached hydrogens (primary N) is 1. The van der Waals surface area contributed by atoms with Gasteiger partial charge >= 0.3 is 0 Å². The van der Waals surface area contributed by atoms with Crippen LogP contribution in [0, 0.1) is 0 Å². The first-order valence-corrected chi connectivity index (χ1v) is 7.76. The van der Waals surface area contributed by atoms with Gasteiger partial charge in [0.15, 0.2) is 0 Å². The lowest BCUT2D eigenvalue weighted by molar-refractivity contribution is 0.342. The summed E-state index contributed by atoms with van der Waals surface area (Å²) in [5.74, 6) is 0. The van der Waals surface area contributed by atoms with Crippen LogP contribution >= 0.6 is 11.3 Å². The Morgan fingerprint density at radius 1 is 1.37 bits per heavy atom. The van der Waals surface area contributed by atoms with Gasteiger partial charge in [-0.1, -0.05) is 6.07 Å². The second-order valence-electron chi connectivity index (χ2n) is 5.24. The molecule has 4 N–H and O–H groups in total. The number of hydrogen-bond acceptors (Lipinski definition) is 4. The number of nitrogens with zero attached hydrogens (tertiary/aromatic N) is 1. The van der Waals surface area contributed by atoms with Gasteiger partial charge in [0.25, 0.3) is 0 Å². The zero-order valence-electron chi connectivity index (χ0n) is 10.9. The Morgan fingerprint density at radius 2 is 2.21 bits per heavy atom. The van der Waals surface area contributed by atoms with Gasteiger partial charge in [0.2, 0.25) is 0 Å². The summed E-state index contributed by atoms with van der Waals surface area (Å²) in [5, 5.41) is 13.0. The number of nitrogens with one attached hydrogen (secondary N) is 2. The van der Waals surface area contributed by atoms with Crippen molar-refractivity contribution in [3.8, 4) is 10.6 Å². The van der Waals surface area contributed by atoms with Gasteiger partial charge in [0.05, 0.1) is 16.8 Å². The van der Waals surface area contributed by atoms with E-state index in [1.165, 1.54) is 23.3 Å². The van der Waals surface area contributed by atoms with Crippen molar-refractivity contribution in [3.63, 3.8) is 0 Å². The summed E-state index contributed by atoms with van der Waals surface area (Å²) in [7, 11) is 0. The van der Waals surface area contributed by atoms with Crippen LogP contribution in [0.25, 0.3) is 10.6 Å². The molecular formula is C14H20N4S. The molecule has 1 fully saturated rings. The molecule has 2 aromatic heterocycles. The topological polar surface area (TPSA) is 66.7 Å². The molecule has 3 rings (SSSR count). The number of thiophene rings is 1. The molecule has 2 heterocycles. The molecule has 1 aliphatic carbocycles. The maximum absolute atomic E-state index is 5.93. The highest BCUT2D eigenvalue weighted by Crippen LogP contribution is 2.26. The maximum Gasteiger partial charge on any atom is 0.0794 e. The number of aromatic nitrogens is 2. The lowest BCUT2D eigenvalue weighted by Crippen LogP contribution is -2.37. The highest BCUT2D eigenvalue weighted by Gasteiger charge is 2.18. The maximum atomic E-state index is 5.93. The number of hydrogen-bond donors (Lipinski definition) is 3. The first-order valence-electron chi connectivity index (χ1n) is 6.88. The fraction of sp³-hybridized carbons (Fsp3) is 0.500. The summed E-state index contributed by atoms with van der Waals surface area (Å²) in [4.78, 5) is 1.25. The molecule has 0 saturated heterocycles. The predicted octanol–water partition coefficient (Wildman–Crippen LogP) is 2.50. The Kier molecular flexibility index (Phi) is 3.96. The number of rotatable bonds is 4. The molecule has 0 spiro atoms. The van der Waals surface area contributed by atoms with E-state index < -0.39 is 0 Å². The van der Waals surface area contributed by atoms with E-state index in [9.17, 15) is 0 Å². The second-order valence-corrected chi connectivity index (χ2v) is 6.19. The van der Waals surface area contributed by atoms with Gasteiger partial charge in [0.1, 0.15) is 0 Å². The van der Waals surface area contributed by atoms with E-state index in [4.69, 9.17) is 5.73 Å². The van der Waals surface area contributed by atoms with Crippen molar-refractivity contribution in [2.75, 3.05) is 0 Å². The molecule has 4 nitrogen and oxygen atoms in total. The summed E-state index contributed by atoms with van der Waals surface area (Å²) in [6, 6.07) is 5.21. The van der Waals surface area contributed by atoms with Crippen LogP contribution in [0.15, 0.2) is 23.7 Å². The number of H-pyrrole nitrogens is 1. The van der Waals surface area contributed by atoms with Gasteiger partial charge in [-0.25, -0.2) is 0 Å². The first kappa shape index (κ1) is 12.8. The highest BCUT2D eigenvalue weighted by atomic mass is 32.1. The third-order valence-corrected chi connectivity index (χ3v) is 4.73. The lowest BCUT2D eigenvalue weighted by Gasteiger charge is -2.26. The minimum Gasteiger partial charge on any atom is -0.328 e. The summed E-state index contributed by atoms with van der Waals surface area (Å²) in [6.07, 6.45) is 6.58. The SMILES string of the molecule is NC1CCC(NCc2cn[nH]c2-c2cccs2)CC1. The van der Waals surface area contributed by atoms with E-state index in [-0.39, 0.29) is 0 Å². The van der Waals surface area contributed by atoms with Crippen LogP contribution in [0.4, 0.5) is 0 Å². The highest BCUT2D eigenvalue weighted by molar-refractivity contribution is 7.13. The Labute approximate surface area is 117 Å². The Morgan fingerprint density at radius 3 is 2.95 bits per heavy atom. The third-order valence-electron chi connectivity index (χ3n) is 3.84. The first-order chi connectivity index (χ1) is 9.33. The monoisotopic (exact) mass is 276 g/mol. The van der Waals surface area contributed by atoms with Gasteiger partial charge in [-0.2, -0.15) is 5.10 Å². The molecule has 0 bridgehead atoms. The van der Waals surface area contributed by atoms with Crippen LogP contribution in [0.5, 0.6) is 0 Å². The van der Waals surface area contributed by atoms with Crippen molar-refractivity contribution >= 4 is 11.3 Å². The third kappa shape index (κ3) is 3.05. The largest absolute Gasteiger partial charge is 0.328 e. The fourth-order valence-corrected chi connectivity index (χ4v) is 3.41. The van der Waals surface area contributed by atoms with Crippen LogP contribution in [0.3, 0.4) is 0 Å². The summed E-state index contributed by atoms with van der Waals surface area (Å²) < 4.78 is 0. The molecule has 0 aliphatic heterocycles. The molecule has 102 valence electrons. The molecular weight excluding hydrogens is 256 g/mol. The average Bonchev–Trinajstić information content (AvgIpc) is 3.08. The van der Waals surface area contributed by atoms with E-state index in [2.05, 4.69) is 33.0 Å². The van der Waals surface area contributed by atoms with E-state index in [0.717, 1.165) is 25.1 Å². The summed E-state index contributed by atoms with van der Waals surface area (Å²) in [5.41, 5.74) is 8.33. The van der Waals surface area contributed by atoms with Crippen LogP contribution < -0.4 is 11.1 Å². The number of aromatic amines is 1. The van der Waals surface area contributed by atoms with Crippen molar-refractivity contribution in [1.29, 1.82) is 0 Å². The van der Waals surface area contributed by atoms with Gasteiger partial charge in [-0.15, -0.1) is 11.3 Å². The smallest absolute Gasteiger partial charge is 0.0794 e. The van der Waals surface area contributed by atoms with Crippen LogP contribution in [-0.2, 0) is 6.54 Å². The molecule has 0 atom stereocenters. The van der Waals surface area contributed by atoms with Crippen molar-refractivity contribution in [2.45, 2.75) is 44.3 Å². The Bertz CT molecular complexity index is 497. The molecule has 1 aliphatic rings. The molecule has 1 saturated carbocycles. The van der Waals surface area contributed by atoms with Gasteiger partial charge in [0, 0.05) is 24.2 Å². The van der Waals surface area contributed by atoms with E-state index in [1.54, 1.807) is 11.3 Å². The van der Waals surface area contributed by atoms with Gasteiger partial charge in [-0.3, -0.25) is 5.10 Å². The minimum absolute atomic E-state index is 0.411. The standard InChI is InChI=1S/C14H20N4S/c15-11-3-5-12(6-4-11)16-8-10-9-17-18-14(10)13-2-1-7-19-13/h1-2,7,9,11-12,16H,3-6,8,15H2,(H,17,18). The predicted molar refractivity (Wildman–Crippen MR) is 79.0 cm³/mol. The average molecular weight is 276 g/mol. The van der Waals surface area contributed by atoms with Gasteiger partial charge in [-0.05, 0) is 37.1 Å². The quantitative estimate of drug-likeness (QED) is 0.804. The molecule has 5 heteroatoms. The lowest BCUT2D eigenvalue weighted by atomic mass is 9.92. The Balaban J connectivity index is 1.60. The van der Waals surface area contributed by atoms with Crippen molar-refractivity contribution in [1.82, 2.24) is 15.5 Å². The van der Waals surface area contributed by atoms with E-state index in [0.29, 0.717) is 12.1 Å². The normalized spacial score (nSPS) is 23.6. The van der Waals surface area contributed by atoms with Crippen molar-refractivity contribution in [2.24, 2.45) is 5.73 Å². The molecule has 0 radical (unpaired) electrons. The van der Waals surface area contributed by atoms with E-state index >= 15 is 0 Å². The molecule has 2 aromatic rings. The van der Waals surface area contributed by atoms with Crippen LogP contribution in [0.2, 0.25) is 0 Å². The summed E-state index contributed by atoms with van der Waals surface area (Å²) >= 11 is 1.74. The zero-order chi connectivity index (χ0) is 13.1. The summed E-state index contributed by atoms with van der Waals surface area (Å²) in [6.45, 7) is 0.879. The van der Waals surface area contributed by atoms with Crippen molar-refractivity contribution < 1.29 is 0 Å². The molecule has 0 aromatic carbocycles. The molecule has 0 amide bonds. The van der Waals surface area contributed by atoms with Gasteiger partial charge < -0.3 is 11.1 Å². The zero-order valence-corrected chi connectivity index (χ0v) is 11.7. The van der Waals surface area contributed by atoms with E-state index in [1.807, 2.05) is 6.20 Å². The molecule has 0 unspecified atom stereocenters. The second kappa shape index (κ2) is 5.86. The molecule has 19 heavy (non-hydrogen) atoms. The fourth-order valence-electron chi connectivity index (χ4n) is 2.66.